The molecule has 0 N–H and O–H groups in total. The molecule has 12 rings (SSSR count). The summed E-state index contributed by atoms with van der Waals surface area (Å²) in [5.74, 6) is 2.70. The second-order valence-electron chi connectivity index (χ2n) is 24.3. The maximum Gasteiger partial charge on any atom is 0.137 e. The SMILES string of the molecule is CC(C)c1cc(-c2cc(C(C)(C)C)cc(-c3ccc(F)cc3)c2N2CN(c3cc(Oc4ccc5c6ccccc6n(-c6cc(C(C)(C)C)ccn6)c5c4)cc(-c4ccc(-c5ccccc5)cc4)c3)c3ccccc32)cc(C(C)C)c1. The fourth-order valence-electron chi connectivity index (χ4n) is 11.4. The molecule has 2 aromatic heterocycles. The van der Waals surface area contributed by atoms with E-state index in [0.717, 1.165) is 89.5 Å². The number of para-hydroxylation sites is 3. The van der Waals surface area contributed by atoms with Gasteiger partial charge in [-0.05, 0) is 157 Å². The Balaban J connectivity index is 1.03. The average Bonchev–Trinajstić information content (AvgIpc) is 4.02. The monoisotopic (exact) mass is 1050 g/mol. The van der Waals surface area contributed by atoms with Crippen molar-refractivity contribution in [3.63, 3.8) is 0 Å². The molecule has 0 saturated heterocycles. The van der Waals surface area contributed by atoms with Crippen LogP contribution in [-0.2, 0) is 10.8 Å². The highest BCUT2D eigenvalue weighted by molar-refractivity contribution is 6.09. The van der Waals surface area contributed by atoms with Gasteiger partial charge in [0.1, 0.15) is 29.8 Å². The Kier molecular flexibility index (Phi) is 13.3. The Morgan fingerprint density at radius 1 is 0.450 bits per heavy atom. The quantitative estimate of drug-likeness (QED) is 0.129. The summed E-state index contributed by atoms with van der Waals surface area (Å²) in [6, 6.07) is 73.0. The van der Waals surface area contributed by atoms with E-state index in [-0.39, 0.29) is 16.6 Å². The molecule has 0 amide bonds. The van der Waals surface area contributed by atoms with Crippen molar-refractivity contribution in [2.45, 2.75) is 91.9 Å². The lowest BCUT2D eigenvalue weighted by molar-refractivity contribution is 0.483. The van der Waals surface area contributed by atoms with Gasteiger partial charge in [0.15, 0.2) is 0 Å². The molecule has 80 heavy (non-hydrogen) atoms. The Hall–Kier alpha value is -8.74. The smallest absolute Gasteiger partial charge is 0.137 e. The summed E-state index contributed by atoms with van der Waals surface area (Å²) in [4.78, 5) is 9.86. The van der Waals surface area contributed by atoms with Crippen molar-refractivity contribution in [1.29, 1.82) is 0 Å². The van der Waals surface area contributed by atoms with Crippen LogP contribution >= 0.6 is 0 Å². The van der Waals surface area contributed by atoms with Crippen molar-refractivity contribution in [2.24, 2.45) is 0 Å². The summed E-state index contributed by atoms with van der Waals surface area (Å²) in [6.07, 6.45) is 1.92. The minimum atomic E-state index is -0.260. The van der Waals surface area contributed by atoms with Gasteiger partial charge in [0.2, 0.25) is 0 Å². The van der Waals surface area contributed by atoms with Crippen LogP contribution in [0.4, 0.5) is 27.1 Å². The van der Waals surface area contributed by atoms with Crippen LogP contribution in [0.25, 0.3) is 72.1 Å². The van der Waals surface area contributed by atoms with Gasteiger partial charge in [0.05, 0.1) is 28.1 Å². The molecule has 11 aromatic rings. The van der Waals surface area contributed by atoms with E-state index in [1.165, 1.54) is 33.4 Å². The minimum absolute atomic E-state index is 0.0524. The van der Waals surface area contributed by atoms with Crippen molar-refractivity contribution < 1.29 is 9.13 Å². The fourth-order valence-corrected chi connectivity index (χ4v) is 11.4. The molecule has 0 spiro atoms. The number of hydrogen-bond acceptors (Lipinski definition) is 4. The predicted molar refractivity (Wildman–Crippen MR) is 334 cm³/mol. The number of aromatic nitrogens is 2. The third kappa shape index (κ3) is 9.93. The Morgan fingerprint density at radius 2 is 1.02 bits per heavy atom. The van der Waals surface area contributed by atoms with E-state index in [1.54, 1.807) is 12.1 Å². The zero-order valence-corrected chi connectivity index (χ0v) is 47.6. The molecule has 1 aliphatic rings. The summed E-state index contributed by atoms with van der Waals surface area (Å²) in [6.45, 7) is 23.2. The lowest BCUT2D eigenvalue weighted by Gasteiger charge is -2.31. The van der Waals surface area contributed by atoms with E-state index in [0.29, 0.717) is 24.3 Å². The molecule has 0 bridgehead atoms. The largest absolute Gasteiger partial charge is 0.457 e. The zero-order valence-electron chi connectivity index (χ0n) is 47.6. The molecule has 0 aliphatic carbocycles. The summed E-state index contributed by atoms with van der Waals surface area (Å²) >= 11 is 0. The summed E-state index contributed by atoms with van der Waals surface area (Å²) in [5.41, 5.74) is 19.9. The van der Waals surface area contributed by atoms with Gasteiger partial charge in [-0.1, -0.05) is 184 Å². The molecule has 1 aliphatic heterocycles. The zero-order chi connectivity index (χ0) is 55.6. The van der Waals surface area contributed by atoms with Crippen LogP contribution in [0.15, 0.2) is 212 Å². The van der Waals surface area contributed by atoms with Gasteiger partial charge in [-0.25, -0.2) is 9.37 Å². The van der Waals surface area contributed by atoms with Gasteiger partial charge in [0, 0.05) is 45.9 Å². The number of halogens is 1. The first kappa shape index (κ1) is 52.0. The molecule has 0 fully saturated rings. The van der Waals surface area contributed by atoms with Gasteiger partial charge in [-0.3, -0.25) is 4.57 Å². The number of benzene rings is 9. The molecular weight excluding hydrogens is 980 g/mol. The number of anilines is 4. The number of pyridine rings is 1. The number of fused-ring (bicyclic) bond motifs is 4. The maximum absolute atomic E-state index is 14.9. The molecule has 398 valence electrons. The third-order valence-electron chi connectivity index (χ3n) is 16.0. The molecule has 0 unspecified atom stereocenters. The highest BCUT2D eigenvalue weighted by Gasteiger charge is 2.34. The highest BCUT2D eigenvalue weighted by atomic mass is 19.1. The molecule has 9 aromatic carbocycles. The lowest BCUT2D eigenvalue weighted by atomic mass is 9.81. The number of hydrogen-bond donors (Lipinski definition) is 0. The van der Waals surface area contributed by atoms with Crippen LogP contribution < -0.4 is 14.5 Å². The van der Waals surface area contributed by atoms with Crippen molar-refractivity contribution in [1.82, 2.24) is 9.55 Å². The Morgan fingerprint density at radius 3 is 1.69 bits per heavy atom. The molecule has 0 radical (unpaired) electrons. The molecule has 5 nitrogen and oxygen atoms in total. The van der Waals surface area contributed by atoms with E-state index in [9.17, 15) is 4.39 Å². The standard InChI is InChI=1S/C74H69FN4O/c1-47(2)53-36-54(48(3)4)38-56(37-53)66-42-58(74(8,9)10)41-65(52-28-30-59(75)31-29-52)72(66)78-46-77(68-22-16-17-23-69(68)78)60-39-55(51-26-24-50(25-27-51)49-18-12-11-13-19-49)40-62(44-60)80-61-32-33-64-63-20-14-15-21-67(63)79(70(64)45-61)71-43-57(34-35-76-71)73(5,6)7/h11-45,47-48H,46H2,1-10H3. The number of rotatable bonds is 11. The fraction of sp³-hybridized carbons (Fsp3) is 0.203. The van der Waals surface area contributed by atoms with E-state index >= 15 is 0 Å². The van der Waals surface area contributed by atoms with Gasteiger partial charge in [-0.15, -0.1) is 0 Å². The highest BCUT2D eigenvalue weighted by Crippen LogP contribution is 2.53. The topological polar surface area (TPSA) is 33.5 Å². The van der Waals surface area contributed by atoms with Crippen LogP contribution in [0.5, 0.6) is 11.5 Å². The van der Waals surface area contributed by atoms with Gasteiger partial charge < -0.3 is 14.5 Å². The van der Waals surface area contributed by atoms with Crippen molar-refractivity contribution in [2.75, 3.05) is 16.5 Å². The Bertz CT molecular complexity index is 4080. The van der Waals surface area contributed by atoms with E-state index in [1.807, 2.05) is 18.3 Å². The number of ether oxygens (including phenoxy) is 1. The predicted octanol–water partition coefficient (Wildman–Crippen LogP) is 20.9. The van der Waals surface area contributed by atoms with Crippen LogP contribution in [0.2, 0.25) is 0 Å². The third-order valence-corrected chi connectivity index (χ3v) is 16.0. The normalized spacial score (nSPS) is 12.8. The average molecular weight is 1050 g/mol. The number of nitrogens with zero attached hydrogens (tertiary/aromatic N) is 4. The lowest BCUT2D eigenvalue weighted by Crippen LogP contribution is -2.25. The van der Waals surface area contributed by atoms with Crippen molar-refractivity contribution >= 4 is 44.6 Å². The summed E-state index contributed by atoms with van der Waals surface area (Å²) in [5, 5.41) is 2.29. The van der Waals surface area contributed by atoms with Gasteiger partial charge in [-0.2, -0.15) is 0 Å². The summed E-state index contributed by atoms with van der Waals surface area (Å²) < 4.78 is 24.4. The molecule has 6 heteroatoms. The van der Waals surface area contributed by atoms with Crippen molar-refractivity contribution in [3.8, 4) is 61.8 Å². The first-order chi connectivity index (χ1) is 38.4. The van der Waals surface area contributed by atoms with Crippen LogP contribution in [0, 0.1) is 5.82 Å². The van der Waals surface area contributed by atoms with E-state index < -0.39 is 0 Å². The second-order valence-corrected chi connectivity index (χ2v) is 24.3. The molecular formula is C74H69FN4O. The van der Waals surface area contributed by atoms with Gasteiger partial charge in [0.25, 0.3) is 0 Å². The van der Waals surface area contributed by atoms with E-state index in [4.69, 9.17) is 9.72 Å². The summed E-state index contributed by atoms with van der Waals surface area (Å²) in [7, 11) is 0. The van der Waals surface area contributed by atoms with E-state index in [2.05, 4.69) is 266 Å². The van der Waals surface area contributed by atoms with Crippen LogP contribution in [0.3, 0.4) is 0 Å². The molecule has 0 saturated carbocycles. The molecule has 0 atom stereocenters. The van der Waals surface area contributed by atoms with Crippen LogP contribution in [-0.4, -0.2) is 16.2 Å². The molecule has 3 heterocycles. The second kappa shape index (κ2) is 20.5. The maximum atomic E-state index is 14.9. The van der Waals surface area contributed by atoms with Crippen LogP contribution in [0.1, 0.15) is 103 Å². The minimum Gasteiger partial charge on any atom is -0.457 e. The first-order valence-corrected chi connectivity index (χ1v) is 28.2. The van der Waals surface area contributed by atoms with Crippen molar-refractivity contribution in [3.05, 3.63) is 241 Å². The first-order valence-electron chi connectivity index (χ1n) is 28.2. The van der Waals surface area contributed by atoms with Gasteiger partial charge >= 0.3 is 0 Å². The Labute approximate surface area is 471 Å².